The van der Waals surface area contributed by atoms with Gasteiger partial charge in [-0.15, -0.1) is 0 Å². The molecule has 20 heavy (non-hydrogen) atoms. The summed E-state index contributed by atoms with van der Waals surface area (Å²) in [6.07, 6.45) is 3.89. The number of rotatable bonds is 5. The Morgan fingerprint density at radius 2 is 2.15 bits per heavy atom. The van der Waals surface area contributed by atoms with Crippen molar-refractivity contribution in [2.24, 2.45) is 0 Å². The maximum atomic E-state index is 14.0. The van der Waals surface area contributed by atoms with Crippen LogP contribution >= 0.6 is 15.9 Å². The fraction of sp³-hybridized carbons (Fsp3) is 0.312. The van der Waals surface area contributed by atoms with Crippen LogP contribution in [0.3, 0.4) is 0 Å². The van der Waals surface area contributed by atoms with E-state index in [1.54, 1.807) is 12.3 Å². The molecule has 0 spiro atoms. The smallest absolute Gasteiger partial charge is 0.146 e. The van der Waals surface area contributed by atoms with Gasteiger partial charge in [0.2, 0.25) is 0 Å². The standard InChI is InChI=1S/C16H18BrFN2/c1-3-5-20-16(14-4-6-19-10-15(14)18)12-7-11(2)8-13(17)9-12/h4,6-10,16,20H,3,5H2,1-2H3. The van der Waals surface area contributed by atoms with E-state index < -0.39 is 0 Å². The number of nitrogens with zero attached hydrogens (tertiary/aromatic N) is 1. The third-order valence-electron chi connectivity index (χ3n) is 3.11. The summed E-state index contributed by atoms with van der Waals surface area (Å²) in [5.41, 5.74) is 2.83. The van der Waals surface area contributed by atoms with Crippen molar-refractivity contribution in [1.82, 2.24) is 10.3 Å². The Balaban J connectivity index is 2.44. The Labute approximate surface area is 127 Å². The van der Waals surface area contributed by atoms with E-state index in [1.807, 2.05) is 19.1 Å². The Morgan fingerprint density at radius 3 is 2.80 bits per heavy atom. The number of pyridine rings is 1. The molecule has 1 atom stereocenters. The van der Waals surface area contributed by atoms with E-state index in [1.165, 1.54) is 6.20 Å². The molecule has 106 valence electrons. The lowest BCUT2D eigenvalue weighted by atomic mass is 9.97. The van der Waals surface area contributed by atoms with Crippen LogP contribution in [0, 0.1) is 12.7 Å². The van der Waals surface area contributed by atoms with Crippen LogP contribution < -0.4 is 5.32 Å². The Kier molecular flexibility index (Phi) is 5.26. The highest BCUT2D eigenvalue weighted by Crippen LogP contribution is 2.27. The lowest BCUT2D eigenvalue weighted by Gasteiger charge is -2.20. The fourth-order valence-corrected chi connectivity index (χ4v) is 2.87. The van der Waals surface area contributed by atoms with Crippen LogP contribution in [-0.4, -0.2) is 11.5 Å². The molecule has 2 aromatic rings. The van der Waals surface area contributed by atoms with Crippen LogP contribution in [0.25, 0.3) is 0 Å². The lowest BCUT2D eigenvalue weighted by molar-refractivity contribution is 0.543. The van der Waals surface area contributed by atoms with Gasteiger partial charge < -0.3 is 5.32 Å². The molecule has 0 radical (unpaired) electrons. The molecule has 0 aliphatic carbocycles. The minimum atomic E-state index is -0.279. The Morgan fingerprint density at radius 1 is 1.35 bits per heavy atom. The molecule has 0 saturated heterocycles. The first-order chi connectivity index (χ1) is 9.61. The van der Waals surface area contributed by atoms with E-state index in [2.05, 4.69) is 39.2 Å². The van der Waals surface area contributed by atoms with E-state index >= 15 is 0 Å². The monoisotopic (exact) mass is 336 g/mol. The van der Waals surface area contributed by atoms with Crippen molar-refractivity contribution in [2.75, 3.05) is 6.54 Å². The molecule has 1 heterocycles. The van der Waals surface area contributed by atoms with Gasteiger partial charge in [-0.2, -0.15) is 0 Å². The number of halogens is 2. The van der Waals surface area contributed by atoms with Crippen molar-refractivity contribution in [2.45, 2.75) is 26.3 Å². The largest absolute Gasteiger partial charge is 0.306 e. The SMILES string of the molecule is CCCNC(c1cc(C)cc(Br)c1)c1ccncc1F. The van der Waals surface area contributed by atoms with Gasteiger partial charge in [-0.25, -0.2) is 4.39 Å². The highest BCUT2D eigenvalue weighted by Gasteiger charge is 2.17. The maximum absolute atomic E-state index is 14.0. The molecular weight excluding hydrogens is 319 g/mol. The first-order valence-electron chi connectivity index (χ1n) is 6.71. The zero-order valence-corrected chi connectivity index (χ0v) is 13.2. The molecular formula is C16H18BrFN2. The Hall–Kier alpha value is -1.26. The van der Waals surface area contributed by atoms with Gasteiger partial charge in [-0.1, -0.05) is 28.9 Å². The van der Waals surface area contributed by atoms with Crippen LogP contribution in [0.2, 0.25) is 0 Å². The summed E-state index contributed by atoms with van der Waals surface area (Å²) in [4.78, 5) is 3.82. The van der Waals surface area contributed by atoms with Crippen LogP contribution in [0.5, 0.6) is 0 Å². The highest BCUT2D eigenvalue weighted by atomic mass is 79.9. The van der Waals surface area contributed by atoms with Gasteiger partial charge in [0.15, 0.2) is 0 Å². The number of hydrogen-bond donors (Lipinski definition) is 1. The molecule has 1 aromatic heterocycles. The van der Waals surface area contributed by atoms with E-state index in [0.29, 0.717) is 5.56 Å². The molecule has 1 N–H and O–H groups in total. The second-order valence-electron chi connectivity index (χ2n) is 4.85. The third kappa shape index (κ3) is 3.64. The van der Waals surface area contributed by atoms with E-state index in [4.69, 9.17) is 0 Å². The van der Waals surface area contributed by atoms with Crippen molar-refractivity contribution in [3.8, 4) is 0 Å². The van der Waals surface area contributed by atoms with Crippen molar-refractivity contribution in [3.63, 3.8) is 0 Å². The summed E-state index contributed by atoms with van der Waals surface area (Å²) in [6, 6.07) is 7.73. The van der Waals surface area contributed by atoms with Gasteiger partial charge in [-0.05, 0) is 49.2 Å². The number of hydrogen-bond acceptors (Lipinski definition) is 2. The van der Waals surface area contributed by atoms with E-state index in [-0.39, 0.29) is 11.9 Å². The van der Waals surface area contributed by atoms with Crippen LogP contribution in [-0.2, 0) is 0 Å². The molecule has 0 saturated carbocycles. The minimum Gasteiger partial charge on any atom is -0.306 e. The topological polar surface area (TPSA) is 24.9 Å². The van der Waals surface area contributed by atoms with Crippen molar-refractivity contribution < 1.29 is 4.39 Å². The number of nitrogens with one attached hydrogen (secondary N) is 1. The molecule has 4 heteroatoms. The lowest BCUT2D eigenvalue weighted by Crippen LogP contribution is -2.24. The van der Waals surface area contributed by atoms with E-state index in [9.17, 15) is 4.39 Å². The first kappa shape index (κ1) is 15.1. The van der Waals surface area contributed by atoms with Crippen molar-refractivity contribution >= 4 is 15.9 Å². The number of benzene rings is 1. The molecule has 0 aliphatic rings. The molecule has 0 amide bonds. The first-order valence-corrected chi connectivity index (χ1v) is 7.51. The maximum Gasteiger partial charge on any atom is 0.146 e. The summed E-state index contributed by atoms with van der Waals surface area (Å²) >= 11 is 3.51. The van der Waals surface area contributed by atoms with Gasteiger partial charge in [0.05, 0.1) is 12.2 Å². The minimum absolute atomic E-state index is 0.158. The van der Waals surface area contributed by atoms with Gasteiger partial charge >= 0.3 is 0 Å². The summed E-state index contributed by atoms with van der Waals surface area (Å²) in [6.45, 7) is 4.96. The fourth-order valence-electron chi connectivity index (χ4n) is 2.25. The molecule has 1 aromatic carbocycles. The summed E-state index contributed by atoms with van der Waals surface area (Å²) in [7, 11) is 0. The Bertz CT molecular complexity index is 566. The van der Waals surface area contributed by atoms with Crippen LogP contribution in [0.1, 0.15) is 36.1 Å². The van der Waals surface area contributed by atoms with Crippen LogP contribution in [0.15, 0.2) is 41.1 Å². The van der Waals surface area contributed by atoms with Gasteiger partial charge in [-0.3, -0.25) is 4.98 Å². The van der Waals surface area contributed by atoms with Crippen molar-refractivity contribution in [3.05, 3.63) is 63.6 Å². The molecule has 0 bridgehead atoms. The highest BCUT2D eigenvalue weighted by molar-refractivity contribution is 9.10. The summed E-state index contributed by atoms with van der Waals surface area (Å²) in [5.74, 6) is -0.279. The van der Waals surface area contributed by atoms with Gasteiger partial charge in [0.25, 0.3) is 0 Å². The predicted octanol–water partition coefficient (Wildman–Crippen LogP) is 4.38. The summed E-state index contributed by atoms with van der Waals surface area (Å²) in [5, 5.41) is 3.41. The zero-order valence-electron chi connectivity index (χ0n) is 11.7. The van der Waals surface area contributed by atoms with Crippen LogP contribution in [0.4, 0.5) is 4.39 Å². The van der Waals surface area contributed by atoms with E-state index in [0.717, 1.165) is 28.6 Å². The summed E-state index contributed by atoms with van der Waals surface area (Å²) < 4.78 is 15.0. The molecule has 2 rings (SSSR count). The molecule has 0 fully saturated rings. The zero-order chi connectivity index (χ0) is 14.5. The average molecular weight is 337 g/mol. The molecule has 1 unspecified atom stereocenters. The van der Waals surface area contributed by atoms with Crippen molar-refractivity contribution in [1.29, 1.82) is 0 Å². The normalized spacial score (nSPS) is 12.4. The second kappa shape index (κ2) is 6.95. The molecule has 0 aliphatic heterocycles. The third-order valence-corrected chi connectivity index (χ3v) is 3.57. The average Bonchev–Trinajstić information content (AvgIpc) is 2.40. The molecule has 2 nitrogen and oxygen atoms in total. The second-order valence-corrected chi connectivity index (χ2v) is 5.76. The quantitative estimate of drug-likeness (QED) is 0.876. The number of aryl methyl sites for hydroxylation is 1. The predicted molar refractivity (Wildman–Crippen MR) is 83.2 cm³/mol. The van der Waals surface area contributed by atoms with Gasteiger partial charge in [0, 0.05) is 16.2 Å². The number of aromatic nitrogens is 1. The van der Waals surface area contributed by atoms with Gasteiger partial charge in [0.1, 0.15) is 5.82 Å².